The Morgan fingerprint density at radius 2 is 2.18 bits per heavy atom. The molecule has 5 nitrogen and oxygen atoms in total. The molecule has 1 aromatic heterocycles. The number of aryl methyl sites for hydroxylation is 1. The van der Waals surface area contributed by atoms with E-state index < -0.39 is 0 Å². The second-order valence-electron chi connectivity index (χ2n) is 5.29. The van der Waals surface area contributed by atoms with Crippen molar-refractivity contribution in [2.75, 3.05) is 5.32 Å². The molecule has 3 rings (SSSR count). The van der Waals surface area contributed by atoms with Gasteiger partial charge in [0.25, 0.3) is 0 Å². The van der Waals surface area contributed by atoms with E-state index in [-0.39, 0.29) is 0 Å². The summed E-state index contributed by atoms with van der Waals surface area (Å²) >= 11 is 0. The van der Waals surface area contributed by atoms with Crippen LogP contribution >= 0.6 is 0 Å². The maximum atomic E-state index is 4.11. The molecule has 2 aliphatic rings. The van der Waals surface area contributed by atoms with Crippen LogP contribution in [0.1, 0.15) is 39.0 Å². The molecule has 0 aliphatic carbocycles. The number of hydrogen-bond donors (Lipinski definition) is 2. The first kappa shape index (κ1) is 11.0. The van der Waals surface area contributed by atoms with Gasteiger partial charge >= 0.3 is 0 Å². The first-order valence-electron chi connectivity index (χ1n) is 6.76. The van der Waals surface area contributed by atoms with E-state index in [1.165, 1.54) is 25.7 Å². The smallest absolute Gasteiger partial charge is 0.145 e. The van der Waals surface area contributed by atoms with Crippen molar-refractivity contribution in [2.24, 2.45) is 0 Å². The molecule has 0 amide bonds. The van der Waals surface area contributed by atoms with Crippen molar-refractivity contribution in [3.63, 3.8) is 0 Å². The maximum Gasteiger partial charge on any atom is 0.145 e. The third kappa shape index (κ3) is 2.29. The van der Waals surface area contributed by atoms with Gasteiger partial charge < -0.3 is 10.6 Å². The van der Waals surface area contributed by atoms with Crippen molar-refractivity contribution in [2.45, 2.75) is 63.7 Å². The largest absolute Gasteiger partial charge is 0.366 e. The Labute approximate surface area is 102 Å². The maximum absolute atomic E-state index is 4.11. The van der Waals surface area contributed by atoms with Gasteiger partial charge in [-0.2, -0.15) is 0 Å². The third-order valence-corrected chi connectivity index (χ3v) is 3.88. The van der Waals surface area contributed by atoms with Crippen LogP contribution in [0.5, 0.6) is 0 Å². The summed E-state index contributed by atoms with van der Waals surface area (Å²) in [7, 11) is 0. The summed E-state index contributed by atoms with van der Waals surface area (Å²) in [6.45, 7) is 3.11. The summed E-state index contributed by atoms with van der Waals surface area (Å²) in [5.74, 6) is 1.08. The lowest BCUT2D eigenvalue weighted by Gasteiger charge is -2.30. The first-order valence-corrected chi connectivity index (χ1v) is 6.76. The van der Waals surface area contributed by atoms with Gasteiger partial charge in [-0.1, -0.05) is 12.1 Å². The molecule has 0 radical (unpaired) electrons. The van der Waals surface area contributed by atoms with Crippen LogP contribution in [0.3, 0.4) is 0 Å². The number of aromatic nitrogens is 3. The van der Waals surface area contributed by atoms with Crippen LogP contribution in [0.25, 0.3) is 0 Å². The molecular weight excluding hydrogens is 214 g/mol. The van der Waals surface area contributed by atoms with Gasteiger partial charge in [0, 0.05) is 24.7 Å². The lowest BCUT2D eigenvalue weighted by atomic mass is 10.00. The fourth-order valence-corrected chi connectivity index (χ4v) is 3.13. The Balaban J connectivity index is 1.64. The Bertz CT molecular complexity index is 363. The number of fused-ring (bicyclic) bond motifs is 2. The van der Waals surface area contributed by atoms with E-state index in [0.29, 0.717) is 6.04 Å². The monoisotopic (exact) mass is 235 g/mol. The van der Waals surface area contributed by atoms with E-state index in [4.69, 9.17) is 0 Å². The summed E-state index contributed by atoms with van der Waals surface area (Å²) in [5, 5.41) is 15.4. The molecule has 17 heavy (non-hydrogen) atoms. The molecule has 2 unspecified atom stereocenters. The van der Waals surface area contributed by atoms with Crippen molar-refractivity contribution >= 4 is 5.82 Å². The highest BCUT2D eigenvalue weighted by Crippen LogP contribution is 2.28. The van der Waals surface area contributed by atoms with Gasteiger partial charge in [0.15, 0.2) is 0 Å². The Morgan fingerprint density at radius 1 is 1.41 bits per heavy atom. The molecule has 0 saturated carbocycles. The Kier molecular flexibility index (Phi) is 3.01. The van der Waals surface area contributed by atoms with Crippen molar-refractivity contribution < 1.29 is 0 Å². The average molecular weight is 235 g/mol. The quantitative estimate of drug-likeness (QED) is 0.828. The van der Waals surface area contributed by atoms with Crippen molar-refractivity contribution in [1.82, 2.24) is 20.3 Å². The van der Waals surface area contributed by atoms with Crippen LogP contribution in [0, 0.1) is 0 Å². The fourth-order valence-electron chi connectivity index (χ4n) is 3.13. The predicted octanol–water partition coefficient (Wildman–Crippen LogP) is 1.38. The zero-order valence-corrected chi connectivity index (χ0v) is 10.4. The summed E-state index contributed by atoms with van der Waals surface area (Å²) in [6.07, 6.45) is 8.08. The van der Waals surface area contributed by atoms with Gasteiger partial charge in [-0.25, -0.2) is 4.68 Å². The molecule has 3 heterocycles. The average Bonchev–Trinajstić information content (AvgIpc) is 2.87. The molecule has 0 aromatic carbocycles. The molecule has 2 saturated heterocycles. The lowest BCUT2D eigenvalue weighted by Crippen LogP contribution is -2.43. The zero-order valence-electron chi connectivity index (χ0n) is 10.4. The van der Waals surface area contributed by atoms with Crippen LogP contribution in [-0.4, -0.2) is 33.1 Å². The topological polar surface area (TPSA) is 54.8 Å². The molecule has 1 aromatic rings. The summed E-state index contributed by atoms with van der Waals surface area (Å²) in [5.41, 5.74) is 0. The molecule has 2 bridgehead atoms. The minimum Gasteiger partial charge on any atom is -0.366 e. The molecule has 2 N–H and O–H groups in total. The third-order valence-electron chi connectivity index (χ3n) is 3.88. The minimum atomic E-state index is 0.586. The Hall–Kier alpha value is -1.10. The van der Waals surface area contributed by atoms with E-state index in [1.54, 1.807) is 0 Å². The van der Waals surface area contributed by atoms with Crippen LogP contribution in [0.4, 0.5) is 5.82 Å². The van der Waals surface area contributed by atoms with Crippen LogP contribution < -0.4 is 10.6 Å². The number of hydrogen-bond acceptors (Lipinski definition) is 4. The van der Waals surface area contributed by atoms with E-state index in [0.717, 1.165) is 30.9 Å². The lowest BCUT2D eigenvalue weighted by molar-refractivity contribution is 0.376. The standard InChI is InChI=1S/C12H21N5/c1-2-5-17-12(8-13-16-17)15-11-6-9-3-4-10(7-11)14-9/h8-11,14-15H,2-7H2,1H3. The van der Waals surface area contributed by atoms with Gasteiger partial charge in [-0.05, 0) is 32.1 Å². The SMILES string of the molecule is CCCn1nncc1NC1CC2CCC(C1)N2. The van der Waals surface area contributed by atoms with E-state index in [9.17, 15) is 0 Å². The van der Waals surface area contributed by atoms with Gasteiger partial charge in [0.2, 0.25) is 0 Å². The van der Waals surface area contributed by atoms with E-state index >= 15 is 0 Å². The van der Waals surface area contributed by atoms with Gasteiger partial charge in [-0.3, -0.25) is 0 Å². The normalized spacial score (nSPS) is 31.7. The molecule has 94 valence electrons. The molecule has 2 aliphatic heterocycles. The highest BCUT2D eigenvalue weighted by molar-refractivity contribution is 5.33. The first-order chi connectivity index (χ1) is 8.35. The molecule has 5 heteroatoms. The molecule has 0 spiro atoms. The second-order valence-corrected chi connectivity index (χ2v) is 5.29. The number of rotatable bonds is 4. The minimum absolute atomic E-state index is 0.586. The predicted molar refractivity (Wildman–Crippen MR) is 66.9 cm³/mol. The van der Waals surface area contributed by atoms with Crippen LogP contribution in [0.15, 0.2) is 6.20 Å². The van der Waals surface area contributed by atoms with Crippen molar-refractivity contribution in [1.29, 1.82) is 0 Å². The zero-order chi connectivity index (χ0) is 11.7. The summed E-state index contributed by atoms with van der Waals surface area (Å²) in [4.78, 5) is 0. The highest BCUT2D eigenvalue weighted by atomic mass is 15.5. The fraction of sp³-hybridized carbons (Fsp3) is 0.833. The highest BCUT2D eigenvalue weighted by Gasteiger charge is 2.33. The van der Waals surface area contributed by atoms with Crippen LogP contribution in [0.2, 0.25) is 0 Å². The summed E-state index contributed by atoms with van der Waals surface area (Å²) < 4.78 is 1.98. The number of piperidine rings is 1. The van der Waals surface area contributed by atoms with E-state index in [2.05, 4.69) is 27.9 Å². The van der Waals surface area contributed by atoms with Crippen LogP contribution in [-0.2, 0) is 6.54 Å². The van der Waals surface area contributed by atoms with Crippen molar-refractivity contribution in [3.8, 4) is 0 Å². The van der Waals surface area contributed by atoms with Crippen molar-refractivity contribution in [3.05, 3.63) is 6.20 Å². The number of anilines is 1. The molecule has 2 atom stereocenters. The molecule has 2 fully saturated rings. The molecular formula is C12H21N5. The van der Waals surface area contributed by atoms with Gasteiger partial charge in [0.1, 0.15) is 5.82 Å². The van der Waals surface area contributed by atoms with E-state index in [1.807, 2.05) is 10.9 Å². The number of nitrogens with zero attached hydrogens (tertiary/aromatic N) is 3. The summed E-state index contributed by atoms with van der Waals surface area (Å²) in [6, 6.07) is 2.03. The number of nitrogens with one attached hydrogen (secondary N) is 2. The Morgan fingerprint density at radius 3 is 2.88 bits per heavy atom. The second kappa shape index (κ2) is 4.64. The van der Waals surface area contributed by atoms with Gasteiger partial charge in [-0.15, -0.1) is 5.10 Å². The van der Waals surface area contributed by atoms with Gasteiger partial charge in [0.05, 0.1) is 6.20 Å².